The van der Waals surface area contributed by atoms with Crippen molar-refractivity contribution in [1.82, 2.24) is 10.9 Å². The molecule has 6 nitrogen and oxygen atoms in total. The van der Waals surface area contributed by atoms with Gasteiger partial charge in [0.15, 0.2) is 5.11 Å². The Morgan fingerprint density at radius 1 is 1.19 bits per heavy atom. The highest BCUT2D eigenvalue weighted by Crippen LogP contribution is 2.29. The van der Waals surface area contributed by atoms with Crippen LogP contribution >= 0.6 is 50.8 Å². The van der Waals surface area contributed by atoms with E-state index in [9.17, 15) is 9.59 Å². The standard InChI is InChI=1S/C16H18BrN3O3S3/c1-4-8-6-9(15(22)23-3)14(25-8)18-16(24)20-19-13(21)12-7-10(17)11(5-2)26-12/h6-7H,4-5H2,1-3H3,(H,19,21)(H2,18,20,24). The number of aryl methyl sites for hydroxylation is 2. The minimum atomic E-state index is -0.439. The molecule has 0 aromatic carbocycles. The molecule has 0 aliphatic carbocycles. The van der Waals surface area contributed by atoms with Gasteiger partial charge in [-0.05, 0) is 53.1 Å². The molecule has 140 valence electrons. The molecule has 0 bridgehead atoms. The minimum Gasteiger partial charge on any atom is -0.465 e. The van der Waals surface area contributed by atoms with E-state index in [-0.39, 0.29) is 11.0 Å². The summed E-state index contributed by atoms with van der Waals surface area (Å²) in [6, 6.07) is 3.55. The normalized spacial score (nSPS) is 10.3. The Morgan fingerprint density at radius 3 is 2.50 bits per heavy atom. The quantitative estimate of drug-likeness (QED) is 0.343. The van der Waals surface area contributed by atoms with Gasteiger partial charge in [-0.3, -0.25) is 15.6 Å². The number of halogens is 1. The van der Waals surface area contributed by atoms with Crippen molar-refractivity contribution >= 4 is 72.8 Å². The Morgan fingerprint density at radius 2 is 1.92 bits per heavy atom. The van der Waals surface area contributed by atoms with Crippen LogP contribution in [0.2, 0.25) is 0 Å². The van der Waals surface area contributed by atoms with E-state index < -0.39 is 5.97 Å². The second-order valence-corrected chi connectivity index (χ2v) is 8.61. The van der Waals surface area contributed by atoms with Crippen molar-refractivity contribution in [2.45, 2.75) is 26.7 Å². The number of carbonyl (C=O) groups excluding carboxylic acids is 2. The van der Waals surface area contributed by atoms with Crippen molar-refractivity contribution < 1.29 is 14.3 Å². The average Bonchev–Trinajstić information content (AvgIpc) is 3.22. The first kappa shape index (κ1) is 20.8. The number of esters is 1. The minimum absolute atomic E-state index is 0.180. The molecule has 0 atom stereocenters. The summed E-state index contributed by atoms with van der Waals surface area (Å²) < 4.78 is 5.71. The van der Waals surface area contributed by atoms with Crippen molar-refractivity contribution in [2.24, 2.45) is 0 Å². The Labute approximate surface area is 173 Å². The van der Waals surface area contributed by atoms with Crippen LogP contribution in [-0.4, -0.2) is 24.1 Å². The fourth-order valence-corrected chi connectivity index (χ4v) is 5.04. The van der Waals surface area contributed by atoms with E-state index in [0.717, 1.165) is 27.1 Å². The molecule has 0 saturated carbocycles. The summed E-state index contributed by atoms with van der Waals surface area (Å²) in [4.78, 5) is 26.8. The highest BCUT2D eigenvalue weighted by molar-refractivity contribution is 9.10. The van der Waals surface area contributed by atoms with E-state index in [1.807, 2.05) is 13.8 Å². The average molecular weight is 476 g/mol. The van der Waals surface area contributed by atoms with E-state index in [0.29, 0.717) is 15.4 Å². The zero-order valence-corrected chi connectivity index (χ0v) is 18.4. The van der Waals surface area contributed by atoms with E-state index in [1.165, 1.54) is 29.8 Å². The summed E-state index contributed by atoms with van der Waals surface area (Å²) in [5.41, 5.74) is 5.62. The number of thiophene rings is 2. The zero-order chi connectivity index (χ0) is 19.3. The molecule has 0 unspecified atom stereocenters. The van der Waals surface area contributed by atoms with Gasteiger partial charge in [0.25, 0.3) is 5.91 Å². The molecule has 0 saturated heterocycles. The highest BCUT2D eigenvalue weighted by atomic mass is 79.9. The third-order valence-electron chi connectivity index (χ3n) is 3.36. The molecule has 0 radical (unpaired) electrons. The lowest BCUT2D eigenvalue weighted by Gasteiger charge is -2.10. The van der Waals surface area contributed by atoms with Gasteiger partial charge in [0, 0.05) is 14.2 Å². The lowest BCUT2D eigenvalue weighted by atomic mass is 10.2. The number of hydrazine groups is 1. The molecule has 0 aliphatic heterocycles. The van der Waals surface area contributed by atoms with Crippen LogP contribution in [0.25, 0.3) is 0 Å². The van der Waals surface area contributed by atoms with Gasteiger partial charge in [0.1, 0.15) is 5.00 Å². The molecule has 2 aromatic heterocycles. The monoisotopic (exact) mass is 475 g/mol. The SMILES string of the molecule is CCc1cc(C(=O)OC)c(NC(=S)NNC(=O)c2cc(Br)c(CC)s2)s1. The molecule has 2 rings (SSSR count). The maximum absolute atomic E-state index is 12.2. The molecule has 0 spiro atoms. The lowest BCUT2D eigenvalue weighted by molar-refractivity contribution is 0.0602. The summed E-state index contributed by atoms with van der Waals surface area (Å²) in [7, 11) is 1.33. The Bertz CT molecular complexity index is 832. The summed E-state index contributed by atoms with van der Waals surface area (Å²) in [5, 5.41) is 3.69. The molecule has 2 aromatic rings. The second-order valence-electron chi connectivity index (χ2n) is 5.07. The van der Waals surface area contributed by atoms with Crippen molar-refractivity contribution in [3.8, 4) is 0 Å². The number of nitrogens with one attached hydrogen (secondary N) is 3. The summed E-state index contributed by atoms with van der Waals surface area (Å²) in [6.45, 7) is 4.03. The van der Waals surface area contributed by atoms with Crippen molar-refractivity contribution in [3.63, 3.8) is 0 Å². The van der Waals surface area contributed by atoms with Gasteiger partial charge in [0.05, 0.1) is 17.6 Å². The highest BCUT2D eigenvalue weighted by Gasteiger charge is 2.18. The number of hydrogen-bond donors (Lipinski definition) is 3. The molecule has 2 heterocycles. The molecule has 26 heavy (non-hydrogen) atoms. The Hall–Kier alpha value is -1.49. The van der Waals surface area contributed by atoms with Gasteiger partial charge < -0.3 is 10.1 Å². The predicted molar refractivity (Wildman–Crippen MR) is 113 cm³/mol. The first-order valence-corrected chi connectivity index (χ1v) is 10.6. The Balaban J connectivity index is 1.99. The first-order valence-electron chi connectivity index (χ1n) is 7.76. The van der Waals surface area contributed by atoms with Crippen LogP contribution in [0.1, 0.15) is 43.6 Å². The number of thiocarbonyl (C=S) groups is 1. The topological polar surface area (TPSA) is 79.5 Å². The molecule has 1 amide bonds. The fraction of sp³-hybridized carbons (Fsp3) is 0.312. The summed E-state index contributed by atoms with van der Waals surface area (Å²) >= 11 is 11.5. The number of ether oxygens (including phenoxy) is 1. The van der Waals surface area contributed by atoms with Crippen LogP contribution in [0.5, 0.6) is 0 Å². The third-order valence-corrected chi connectivity index (χ3v) is 7.00. The van der Waals surface area contributed by atoms with Gasteiger partial charge in [-0.15, -0.1) is 22.7 Å². The van der Waals surface area contributed by atoms with Gasteiger partial charge in [-0.2, -0.15) is 0 Å². The molecular formula is C16H18BrN3O3S3. The smallest absolute Gasteiger partial charge is 0.340 e. The van der Waals surface area contributed by atoms with E-state index >= 15 is 0 Å². The fourth-order valence-electron chi connectivity index (χ4n) is 2.04. The van der Waals surface area contributed by atoms with Crippen LogP contribution < -0.4 is 16.2 Å². The first-order chi connectivity index (χ1) is 12.4. The van der Waals surface area contributed by atoms with Crippen LogP contribution in [0.15, 0.2) is 16.6 Å². The van der Waals surface area contributed by atoms with E-state index in [1.54, 1.807) is 12.1 Å². The van der Waals surface area contributed by atoms with Crippen LogP contribution in [0.3, 0.4) is 0 Å². The van der Waals surface area contributed by atoms with Gasteiger partial charge in [-0.1, -0.05) is 13.8 Å². The zero-order valence-electron chi connectivity index (χ0n) is 14.4. The molecule has 3 N–H and O–H groups in total. The molecule has 10 heteroatoms. The largest absolute Gasteiger partial charge is 0.465 e. The van der Waals surface area contributed by atoms with Gasteiger partial charge in [0.2, 0.25) is 0 Å². The number of anilines is 1. The van der Waals surface area contributed by atoms with Gasteiger partial charge >= 0.3 is 5.97 Å². The van der Waals surface area contributed by atoms with Gasteiger partial charge in [-0.25, -0.2) is 4.79 Å². The third kappa shape index (κ3) is 5.03. The summed E-state index contributed by atoms with van der Waals surface area (Å²) in [5.74, 6) is -0.723. The van der Waals surface area contributed by atoms with Crippen LogP contribution in [0, 0.1) is 0 Å². The predicted octanol–water partition coefficient (Wildman–Crippen LogP) is 4.11. The van der Waals surface area contributed by atoms with Crippen molar-refractivity contribution in [1.29, 1.82) is 0 Å². The Kier molecular flexibility index (Phi) is 7.56. The second kappa shape index (κ2) is 9.45. The lowest BCUT2D eigenvalue weighted by Crippen LogP contribution is -2.43. The number of amides is 1. The maximum Gasteiger partial charge on any atom is 0.340 e. The molecule has 0 aliphatic rings. The van der Waals surface area contributed by atoms with Crippen molar-refractivity contribution in [2.75, 3.05) is 12.4 Å². The number of rotatable bonds is 5. The number of carbonyl (C=O) groups is 2. The maximum atomic E-state index is 12.2. The molecule has 0 fully saturated rings. The number of methoxy groups -OCH3 is 1. The summed E-state index contributed by atoms with van der Waals surface area (Å²) in [6.07, 6.45) is 1.64. The van der Waals surface area contributed by atoms with Crippen molar-refractivity contribution in [3.05, 3.63) is 36.8 Å². The van der Waals surface area contributed by atoms with E-state index in [2.05, 4.69) is 32.1 Å². The number of hydrogen-bond acceptors (Lipinski definition) is 6. The van der Waals surface area contributed by atoms with Crippen LogP contribution in [-0.2, 0) is 17.6 Å². The van der Waals surface area contributed by atoms with E-state index in [4.69, 9.17) is 17.0 Å². The molecular weight excluding hydrogens is 458 g/mol. The van der Waals surface area contributed by atoms with Crippen LogP contribution in [0.4, 0.5) is 5.00 Å².